The Morgan fingerprint density at radius 1 is 1.64 bits per heavy atom. The van der Waals surface area contributed by atoms with Gasteiger partial charge in [0.05, 0.1) is 5.69 Å². The summed E-state index contributed by atoms with van der Waals surface area (Å²) < 4.78 is 0. The second-order valence-electron chi connectivity index (χ2n) is 1.93. The minimum absolute atomic E-state index is 0.536. The molecule has 3 nitrogen and oxygen atoms in total. The van der Waals surface area contributed by atoms with Crippen LogP contribution < -0.4 is 0 Å². The number of hydrogen-bond acceptors (Lipinski definition) is 3. The molecule has 0 amide bonds. The molecule has 3 heteroatoms. The van der Waals surface area contributed by atoms with Crippen LogP contribution >= 0.6 is 0 Å². The van der Waals surface area contributed by atoms with Crippen molar-refractivity contribution in [3.63, 3.8) is 0 Å². The molecule has 0 aliphatic rings. The third kappa shape index (κ3) is 2.03. The molecule has 0 fully saturated rings. The van der Waals surface area contributed by atoms with E-state index in [1.807, 2.05) is 0 Å². The van der Waals surface area contributed by atoms with Crippen molar-refractivity contribution < 1.29 is 5.11 Å². The lowest BCUT2D eigenvalue weighted by molar-refractivity contribution is 0.233. The first-order valence-corrected chi connectivity index (χ1v) is 3.21. The maximum atomic E-state index is 9.26. The molecule has 1 rings (SSSR count). The molecule has 0 radical (unpaired) electrons. The van der Waals surface area contributed by atoms with Crippen LogP contribution in [0.5, 0.6) is 0 Å². The normalized spacial score (nSPS) is 11.5. The highest BCUT2D eigenvalue weighted by atomic mass is 16.3. The lowest BCUT2D eigenvalue weighted by Crippen LogP contribution is -1.96. The van der Waals surface area contributed by atoms with Gasteiger partial charge in [0.25, 0.3) is 0 Å². The fraction of sp³-hybridized carbons (Fsp3) is 0.250. The van der Waals surface area contributed by atoms with Gasteiger partial charge in [0.15, 0.2) is 6.10 Å². The summed E-state index contributed by atoms with van der Waals surface area (Å²) in [6.07, 6.45) is 2.17. The summed E-state index contributed by atoms with van der Waals surface area (Å²) in [6, 6.07) is 1.63. The third-order valence-electron chi connectivity index (χ3n) is 1.17. The lowest BCUT2D eigenvalue weighted by atomic mass is 10.2. The van der Waals surface area contributed by atoms with Gasteiger partial charge in [-0.05, 0) is 13.0 Å². The Kier molecular flexibility index (Phi) is 2.59. The first-order chi connectivity index (χ1) is 5.34. The number of aliphatic hydroxyl groups is 1. The Morgan fingerprint density at radius 2 is 2.45 bits per heavy atom. The number of nitrogens with zero attached hydrogens (tertiary/aromatic N) is 2. The summed E-state index contributed by atoms with van der Waals surface area (Å²) in [5, 5.41) is 9.26. The highest BCUT2D eigenvalue weighted by Crippen LogP contribution is 2.04. The predicted molar refractivity (Wildman–Crippen MR) is 40.4 cm³/mol. The molecule has 0 bridgehead atoms. The molecule has 1 atom stereocenters. The van der Waals surface area contributed by atoms with Gasteiger partial charge < -0.3 is 5.11 Å². The van der Waals surface area contributed by atoms with Crippen molar-refractivity contribution in [1.29, 1.82) is 0 Å². The van der Waals surface area contributed by atoms with Crippen LogP contribution in [0.2, 0.25) is 0 Å². The lowest BCUT2D eigenvalue weighted by Gasteiger charge is -1.99. The summed E-state index contributed by atoms with van der Waals surface area (Å²) in [5.74, 6) is 5.18. The number of hydrogen-bond donors (Lipinski definition) is 1. The van der Waals surface area contributed by atoms with Crippen molar-refractivity contribution in [2.75, 3.05) is 0 Å². The summed E-state index contributed by atoms with van der Waals surface area (Å²) in [6.45, 7) is 1.67. The van der Waals surface area contributed by atoms with Gasteiger partial charge in [-0.1, -0.05) is 5.92 Å². The molecule has 56 valence electrons. The zero-order valence-electron chi connectivity index (χ0n) is 6.15. The molecule has 11 heavy (non-hydrogen) atoms. The minimum Gasteiger partial charge on any atom is -0.374 e. The predicted octanol–water partition coefficient (Wildman–Crippen LogP) is 0.533. The summed E-state index contributed by atoms with van der Waals surface area (Å²) >= 11 is 0. The average molecular weight is 148 g/mol. The minimum atomic E-state index is -0.789. The van der Waals surface area contributed by atoms with E-state index in [4.69, 9.17) is 0 Å². The SMILES string of the molecule is CC#CC(O)c1ccncn1. The van der Waals surface area contributed by atoms with Crippen LogP contribution in [0.4, 0.5) is 0 Å². The van der Waals surface area contributed by atoms with Gasteiger partial charge in [0, 0.05) is 6.20 Å². The van der Waals surface area contributed by atoms with Gasteiger partial charge in [-0.25, -0.2) is 9.97 Å². The van der Waals surface area contributed by atoms with Crippen molar-refractivity contribution in [2.24, 2.45) is 0 Å². The van der Waals surface area contributed by atoms with Gasteiger partial charge >= 0.3 is 0 Å². The van der Waals surface area contributed by atoms with E-state index in [0.717, 1.165) is 0 Å². The second kappa shape index (κ2) is 3.69. The maximum Gasteiger partial charge on any atom is 0.157 e. The molecule has 0 aromatic carbocycles. The second-order valence-corrected chi connectivity index (χ2v) is 1.93. The van der Waals surface area contributed by atoms with Gasteiger partial charge in [-0.3, -0.25) is 0 Å². The van der Waals surface area contributed by atoms with E-state index >= 15 is 0 Å². The molecule has 1 aromatic rings. The maximum absolute atomic E-state index is 9.26. The van der Waals surface area contributed by atoms with Crippen LogP contribution in [0.3, 0.4) is 0 Å². The molecule has 1 unspecified atom stereocenters. The first kappa shape index (κ1) is 7.70. The van der Waals surface area contributed by atoms with Crippen molar-refractivity contribution >= 4 is 0 Å². The van der Waals surface area contributed by atoms with E-state index in [1.165, 1.54) is 6.33 Å². The molecule has 0 saturated heterocycles. The van der Waals surface area contributed by atoms with E-state index in [1.54, 1.807) is 19.2 Å². The fourth-order valence-electron chi connectivity index (χ4n) is 0.673. The summed E-state index contributed by atoms with van der Waals surface area (Å²) in [5.41, 5.74) is 0.536. The van der Waals surface area contributed by atoms with Gasteiger partial charge in [0.1, 0.15) is 6.33 Å². The first-order valence-electron chi connectivity index (χ1n) is 3.21. The Balaban J connectivity index is 2.82. The van der Waals surface area contributed by atoms with Crippen molar-refractivity contribution in [3.8, 4) is 11.8 Å². The number of aliphatic hydroxyl groups excluding tert-OH is 1. The van der Waals surface area contributed by atoms with E-state index < -0.39 is 6.10 Å². The molecular weight excluding hydrogens is 140 g/mol. The van der Waals surface area contributed by atoms with Crippen LogP contribution in [0.15, 0.2) is 18.6 Å². The van der Waals surface area contributed by atoms with Crippen LogP contribution in [0, 0.1) is 11.8 Å². The van der Waals surface area contributed by atoms with E-state index in [0.29, 0.717) is 5.69 Å². The Bertz CT molecular complexity index is 273. The Labute approximate surface area is 65.1 Å². The molecule has 1 heterocycles. The van der Waals surface area contributed by atoms with E-state index in [-0.39, 0.29) is 0 Å². The molecule has 0 saturated carbocycles. The largest absolute Gasteiger partial charge is 0.374 e. The number of rotatable bonds is 1. The highest BCUT2D eigenvalue weighted by Gasteiger charge is 2.02. The molecule has 0 aliphatic carbocycles. The standard InChI is InChI=1S/C8H8N2O/c1-2-3-8(11)7-4-5-9-6-10-7/h4-6,8,11H,1H3. The quantitative estimate of drug-likeness (QED) is 0.591. The smallest absolute Gasteiger partial charge is 0.157 e. The molecule has 1 N–H and O–H groups in total. The van der Waals surface area contributed by atoms with Crippen molar-refractivity contribution in [1.82, 2.24) is 9.97 Å². The summed E-state index contributed by atoms with van der Waals surface area (Å²) in [4.78, 5) is 7.55. The molecule has 0 aliphatic heterocycles. The number of aromatic nitrogens is 2. The Hall–Kier alpha value is -1.40. The van der Waals surface area contributed by atoms with E-state index in [2.05, 4.69) is 21.8 Å². The van der Waals surface area contributed by atoms with Crippen LogP contribution in [-0.4, -0.2) is 15.1 Å². The van der Waals surface area contributed by atoms with Gasteiger partial charge in [0.2, 0.25) is 0 Å². The van der Waals surface area contributed by atoms with Crippen LogP contribution in [0.1, 0.15) is 18.7 Å². The molecule has 1 aromatic heterocycles. The van der Waals surface area contributed by atoms with Crippen molar-refractivity contribution in [2.45, 2.75) is 13.0 Å². The van der Waals surface area contributed by atoms with Crippen LogP contribution in [0.25, 0.3) is 0 Å². The zero-order valence-corrected chi connectivity index (χ0v) is 6.15. The average Bonchev–Trinajstić information content (AvgIpc) is 2.07. The highest BCUT2D eigenvalue weighted by molar-refractivity contribution is 5.15. The zero-order chi connectivity index (χ0) is 8.10. The fourth-order valence-corrected chi connectivity index (χ4v) is 0.673. The Morgan fingerprint density at radius 3 is 3.00 bits per heavy atom. The monoisotopic (exact) mass is 148 g/mol. The van der Waals surface area contributed by atoms with Gasteiger partial charge in [-0.2, -0.15) is 0 Å². The van der Waals surface area contributed by atoms with Crippen LogP contribution in [-0.2, 0) is 0 Å². The third-order valence-corrected chi connectivity index (χ3v) is 1.17. The molecule has 0 spiro atoms. The van der Waals surface area contributed by atoms with Crippen molar-refractivity contribution in [3.05, 3.63) is 24.3 Å². The topological polar surface area (TPSA) is 46.0 Å². The molecular formula is C8H8N2O. The van der Waals surface area contributed by atoms with E-state index in [9.17, 15) is 5.11 Å². The summed E-state index contributed by atoms with van der Waals surface area (Å²) in [7, 11) is 0. The van der Waals surface area contributed by atoms with Gasteiger partial charge in [-0.15, -0.1) is 5.92 Å².